The first-order valence-electron chi connectivity index (χ1n) is 10.2. The molecule has 2 unspecified atom stereocenters. The normalized spacial score (nSPS) is 18.1. The molecule has 0 saturated heterocycles. The highest BCUT2D eigenvalue weighted by molar-refractivity contribution is 6.05. The molecule has 152 valence electrons. The summed E-state index contributed by atoms with van der Waals surface area (Å²) in [5.74, 6) is 0.790. The van der Waals surface area contributed by atoms with Gasteiger partial charge in [-0.05, 0) is 60.9 Å². The second-order valence-electron chi connectivity index (χ2n) is 7.52. The van der Waals surface area contributed by atoms with Gasteiger partial charge in [0.1, 0.15) is 5.75 Å². The van der Waals surface area contributed by atoms with Crippen LogP contribution >= 0.6 is 0 Å². The van der Waals surface area contributed by atoms with E-state index >= 15 is 0 Å². The van der Waals surface area contributed by atoms with Gasteiger partial charge in [0.25, 0.3) is 5.91 Å². The summed E-state index contributed by atoms with van der Waals surface area (Å²) >= 11 is 0. The molecule has 2 atom stereocenters. The van der Waals surface area contributed by atoms with E-state index in [4.69, 9.17) is 4.74 Å². The maximum Gasteiger partial charge on any atom is 0.251 e. The number of nitrogens with one attached hydrogen (secondary N) is 1. The molecule has 0 spiro atoms. The molecule has 0 fully saturated rings. The molecule has 3 aromatic rings. The molecule has 1 aliphatic heterocycles. The monoisotopic (exact) mass is 398 g/mol. The van der Waals surface area contributed by atoms with Crippen LogP contribution < -0.4 is 15.0 Å². The first-order valence-corrected chi connectivity index (χ1v) is 10.2. The van der Waals surface area contributed by atoms with E-state index in [1.54, 1.807) is 13.2 Å². The van der Waals surface area contributed by atoms with E-state index in [-0.39, 0.29) is 18.0 Å². The lowest BCUT2D eigenvalue weighted by Crippen LogP contribution is -2.43. The van der Waals surface area contributed by atoms with Crippen molar-refractivity contribution in [3.05, 3.63) is 96.1 Å². The predicted molar refractivity (Wildman–Crippen MR) is 123 cm³/mol. The molecular weight excluding hydrogens is 372 g/mol. The number of benzene rings is 3. The predicted octanol–water partition coefficient (Wildman–Crippen LogP) is 5.69. The highest BCUT2D eigenvalue weighted by Gasteiger charge is 2.32. The molecule has 4 nitrogen and oxygen atoms in total. The molecule has 0 aromatic heterocycles. The van der Waals surface area contributed by atoms with Gasteiger partial charge in [0.2, 0.25) is 0 Å². The second kappa shape index (κ2) is 8.87. The third-order valence-corrected chi connectivity index (χ3v) is 5.48. The van der Waals surface area contributed by atoms with Crippen molar-refractivity contribution in [2.24, 2.45) is 0 Å². The molecule has 4 heteroatoms. The fourth-order valence-electron chi connectivity index (χ4n) is 3.98. The highest BCUT2D eigenvalue weighted by Crippen LogP contribution is 2.39. The van der Waals surface area contributed by atoms with Crippen molar-refractivity contribution in [3.8, 4) is 5.75 Å². The van der Waals surface area contributed by atoms with Crippen LogP contribution in [-0.2, 0) is 4.79 Å². The number of amides is 1. The summed E-state index contributed by atoms with van der Waals surface area (Å²) in [7, 11) is 1.64. The fraction of sp³-hybridized carbons (Fsp3) is 0.192. The quantitative estimate of drug-likeness (QED) is 0.562. The van der Waals surface area contributed by atoms with Crippen LogP contribution in [0.4, 0.5) is 11.4 Å². The van der Waals surface area contributed by atoms with E-state index in [0.29, 0.717) is 0 Å². The smallest absolute Gasteiger partial charge is 0.251 e. The van der Waals surface area contributed by atoms with Gasteiger partial charge in [0.05, 0.1) is 13.2 Å². The topological polar surface area (TPSA) is 41.6 Å². The Morgan fingerprint density at radius 3 is 2.43 bits per heavy atom. The number of fused-ring (bicyclic) bond motifs is 1. The van der Waals surface area contributed by atoms with Gasteiger partial charge in [-0.2, -0.15) is 0 Å². The third-order valence-electron chi connectivity index (χ3n) is 5.48. The van der Waals surface area contributed by atoms with E-state index in [1.807, 2.05) is 71.6 Å². The van der Waals surface area contributed by atoms with Crippen LogP contribution in [0.1, 0.15) is 30.5 Å². The number of methoxy groups -OCH3 is 1. The van der Waals surface area contributed by atoms with Crippen LogP contribution in [0.25, 0.3) is 6.08 Å². The van der Waals surface area contributed by atoms with E-state index in [1.165, 1.54) is 0 Å². The van der Waals surface area contributed by atoms with Crippen molar-refractivity contribution < 1.29 is 9.53 Å². The maximum absolute atomic E-state index is 13.1. The number of hydrogen-bond donors (Lipinski definition) is 1. The Morgan fingerprint density at radius 2 is 1.70 bits per heavy atom. The zero-order chi connectivity index (χ0) is 20.9. The highest BCUT2D eigenvalue weighted by atomic mass is 16.5. The Balaban J connectivity index is 1.57. The van der Waals surface area contributed by atoms with Crippen molar-refractivity contribution in [1.29, 1.82) is 0 Å². The van der Waals surface area contributed by atoms with Gasteiger partial charge in [0.15, 0.2) is 0 Å². The average molecular weight is 399 g/mol. The molecule has 1 N–H and O–H groups in total. The number of nitrogens with zero attached hydrogens (tertiary/aromatic N) is 1. The van der Waals surface area contributed by atoms with Gasteiger partial charge >= 0.3 is 0 Å². The number of hydrogen-bond acceptors (Lipinski definition) is 3. The SMILES string of the molecule is COc1ccc(/C=C/C(=O)N2c3ccccc3C(Nc3ccccc3)CC2C)cc1. The number of para-hydroxylation sites is 2. The Bertz CT molecular complexity index is 1030. The molecule has 0 bridgehead atoms. The van der Waals surface area contributed by atoms with Gasteiger partial charge in [-0.3, -0.25) is 4.79 Å². The average Bonchev–Trinajstić information content (AvgIpc) is 2.78. The van der Waals surface area contributed by atoms with Crippen molar-refractivity contribution in [3.63, 3.8) is 0 Å². The van der Waals surface area contributed by atoms with E-state index < -0.39 is 0 Å². The molecule has 4 rings (SSSR count). The summed E-state index contributed by atoms with van der Waals surface area (Å²) in [5, 5.41) is 3.63. The third kappa shape index (κ3) is 4.23. The van der Waals surface area contributed by atoms with Crippen LogP contribution in [0.5, 0.6) is 5.75 Å². The molecule has 0 aliphatic carbocycles. The van der Waals surface area contributed by atoms with Crippen LogP contribution in [0.2, 0.25) is 0 Å². The number of carbonyl (C=O) groups is 1. The largest absolute Gasteiger partial charge is 0.497 e. The van der Waals surface area contributed by atoms with Crippen molar-refractivity contribution in [1.82, 2.24) is 0 Å². The number of anilines is 2. The van der Waals surface area contributed by atoms with E-state index in [2.05, 4.69) is 30.4 Å². The number of rotatable bonds is 5. The van der Waals surface area contributed by atoms with E-state index in [9.17, 15) is 4.79 Å². The first kappa shape index (κ1) is 19.8. The van der Waals surface area contributed by atoms with Gasteiger partial charge in [-0.25, -0.2) is 0 Å². The lowest BCUT2D eigenvalue weighted by Gasteiger charge is -2.39. The standard InChI is InChI=1S/C26H26N2O2/c1-19-18-24(27-21-8-4-3-5-9-21)23-10-6-7-11-25(23)28(19)26(29)17-14-20-12-15-22(30-2)16-13-20/h3-17,19,24,27H,18H2,1-2H3/b17-14+. The minimum atomic E-state index is -0.0103. The van der Waals surface area contributed by atoms with Crippen LogP contribution in [0.3, 0.4) is 0 Å². The van der Waals surface area contributed by atoms with Gasteiger partial charge < -0.3 is 15.0 Å². The van der Waals surface area contributed by atoms with Crippen LogP contribution in [0, 0.1) is 0 Å². The molecular formula is C26H26N2O2. The van der Waals surface area contributed by atoms with Gasteiger partial charge in [-0.1, -0.05) is 48.5 Å². The minimum absolute atomic E-state index is 0.0103. The summed E-state index contributed by atoms with van der Waals surface area (Å²) < 4.78 is 5.19. The lowest BCUT2D eigenvalue weighted by molar-refractivity contribution is -0.114. The Kier molecular flexibility index (Phi) is 5.84. The van der Waals surface area contributed by atoms with Gasteiger partial charge in [-0.15, -0.1) is 0 Å². The molecule has 1 heterocycles. The lowest BCUT2D eigenvalue weighted by atomic mass is 9.91. The van der Waals surface area contributed by atoms with E-state index in [0.717, 1.165) is 34.7 Å². The Morgan fingerprint density at radius 1 is 1.00 bits per heavy atom. The van der Waals surface area contributed by atoms with Crippen molar-refractivity contribution in [2.45, 2.75) is 25.4 Å². The number of carbonyl (C=O) groups excluding carboxylic acids is 1. The first-order chi connectivity index (χ1) is 14.7. The maximum atomic E-state index is 13.1. The Hall–Kier alpha value is -3.53. The molecule has 1 aliphatic rings. The zero-order valence-electron chi connectivity index (χ0n) is 17.3. The van der Waals surface area contributed by atoms with Crippen molar-refractivity contribution >= 4 is 23.4 Å². The van der Waals surface area contributed by atoms with Gasteiger partial charge in [0, 0.05) is 23.5 Å². The zero-order valence-corrected chi connectivity index (χ0v) is 17.3. The van der Waals surface area contributed by atoms with Crippen LogP contribution in [-0.4, -0.2) is 19.1 Å². The fourth-order valence-corrected chi connectivity index (χ4v) is 3.98. The van der Waals surface area contributed by atoms with Crippen molar-refractivity contribution in [2.75, 3.05) is 17.3 Å². The summed E-state index contributed by atoms with van der Waals surface area (Å²) in [4.78, 5) is 15.0. The minimum Gasteiger partial charge on any atom is -0.497 e. The van der Waals surface area contributed by atoms with Crippen LogP contribution in [0.15, 0.2) is 84.9 Å². The Labute approximate surface area is 177 Å². The molecule has 30 heavy (non-hydrogen) atoms. The molecule has 1 amide bonds. The summed E-state index contributed by atoms with van der Waals surface area (Å²) in [6.45, 7) is 2.11. The molecule has 0 radical (unpaired) electrons. The molecule has 3 aromatic carbocycles. The second-order valence-corrected chi connectivity index (χ2v) is 7.52. The summed E-state index contributed by atoms with van der Waals surface area (Å²) in [5.41, 5.74) is 4.16. The molecule has 0 saturated carbocycles. The number of ether oxygens (including phenoxy) is 1. The summed E-state index contributed by atoms with van der Waals surface area (Å²) in [6.07, 6.45) is 4.35. The summed E-state index contributed by atoms with van der Waals surface area (Å²) in [6, 6.07) is 26.3.